The van der Waals surface area contributed by atoms with E-state index in [2.05, 4.69) is 31.2 Å². The molecule has 2 rings (SSSR count). The van der Waals surface area contributed by atoms with E-state index in [0.717, 1.165) is 0 Å². The van der Waals surface area contributed by atoms with Gasteiger partial charge in [0.1, 0.15) is 22.6 Å². The van der Waals surface area contributed by atoms with Crippen LogP contribution < -0.4 is 5.32 Å². The SMILES string of the molecule is CC(Nc1cc(Br)ncn1)c1ccccc1F. The van der Waals surface area contributed by atoms with Crippen molar-refractivity contribution in [3.05, 3.63) is 52.6 Å². The second-order valence-corrected chi connectivity index (χ2v) is 4.43. The van der Waals surface area contributed by atoms with Gasteiger partial charge in [-0.1, -0.05) is 18.2 Å². The number of rotatable bonds is 3. The average Bonchev–Trinajstić information content (AvgIpc) is 2.29. The van der Waals surface area contributed by atoms with Gasteiger partial charge in [0.25, 0.3) is 0 Å². The third kappa shape index (κ3) is 3.00. The number of halogens is 2. The first-order valence-electron chi connectivity index (χ1n) is 5.15. The average molecular weight is 296 g/mol. The first-order valence-corrected chi connectivity index (χ1v) is 5.94. The van der Waals surface area contributed by atoms with Crippen LogP contribution in [0, 0.1) is 5.82 Å². The zero-order chi connectivity index (χ0) is 12.3. The van der Waals surface area contributed by atoms with Crippen LogP contribution in [0.2, 0.25) is 0 Å². The van der Waals surface area contributed by atoms with E-state index in [1.54, 1.807) is 18.2 Å². The molecule has 1 unspecified atom stereocenters. The highest BCUT2D eigenvalue weighted by Crippen LogP contribution is 2.21. The molecular weight excluding hydrogens is 285 g/mol. The standard InChI is InChI=1S/C12H11BrFN3/c1-8(9-4-2-3-5-10(9)14)17-12-6-11(13)15-7-16-12/h2-8H,1H3,(H,15,16,17). The van der Waals surface area contributed by atoms with Crippen molar-refractivity contribution in [3.63, 3.8) is 0 Å². The molecule has 0 aliphatic rings. The predicted molar refractivity (Wildman–Crippen MR) is 68.2 cm³/mol. The number of benzene rings is 1. The second-order valence-electron chi connectivity index (χ2n) is 3.61. The van der Waals surface area contributed by atoms with Crippen LogP contribution in [0.25, 0.3) is 0 Å². The normalized spacial score (nSPS) is 12.2. The molecule has 0 saturated heterocycles. The molecule has 1 N–H and O–H groups in total. The molecule has 1 aromatic carbocycles. The number of anilines is 1. The fraction of sp³-hybridized carbons (Fsp3) is 0.167. The van der Waals surface area contributed by atoms with Gasteiger partial charge < -0.3 is 5.32 Å². The highest BCUT2D eigenvalue weighted by atomic mass is 79.9. The van der Waals surface area contributed by atoms with Gasteiger partial charge in [-0.15, -0.1) is 0 Å². The van der Waals surface area contributed by atoms with Gasteiger partial charge in [-0.25, -0.2) is 14.4 Å². The molecule has 1 heterocycles. The lowest BCUT2D eigenvalue weighted by atomic mass is 10.1. The Bertz CT molecular complexity index is 519. The predicted octanol–water partition coefficient (Wildman–Crippen LogP) is 3.55. The molecule has 0 amide bonds. The summed E-state index contributed by atoms with van der Waals surface area (Å²) in [5.74, 6) is 0.434. The molecular formula is C12H11BrFN3. The van der Waals surface area contributed by atoms with Gasteiger partial charge in [-0.05, 0) is 28.9 Å². The summed E-state index contributed by atoms with van der Waals surface area (Å²) in [6, 6.07) is 8.28. The van der Waals surface area contributed by atoms with Crippen molar-refractivity contribution in [2.75, 3.05) is 5.32 Å². The van der Waals surface area contributed by atoms with Crippen LogP contribution in [0.15, 0.2) is 41.3 Å². The van der Waals surface area contributed by atoms with E-state index in [0.29, 0.717) is 16.0 Å². The summed E-state index contributed by atoms with van der Waals surface area (Å²) in [5, 5.41) is 3.12. The minimum Gasteiger partial charge on any atom is -0.363 e. The maximum absolute atomic E-state index is 13.5. The maximum atomic E-state index is 13.5. The van der Waals surface area contributed by atoms with Crippen molar-refractivity contribution in [2.45, 2.75) is 13.0 Å². The van der Waals surface area contributed by atoms with Crippen LogP contribution in [0.1, 0.15) is 18.5 Å². The first-order chi connectivity index (χ1) is 8.16. The van der Waals surface area contributed by atoms with Crippen LogP contribution in [0.4, 0.5) is 10.2 Å². The molecule has 1 aromatic heterocycles. The molecule has 5 heteroatoms. The fourth-order valence-corrected chi connectivity index (χ4v) is 1.85. The lowest BCUT2D eigenvalue weighted by Gasteiger charge is -2.15. The molecule has 0 fully saturated rings. The number of hydrogen-bond donors (Lipinski definition) is 1. The topological polar surface area (TPSA) is 37.8 Å². The molecule has 2 aromatic rings. The van der Waals surface area contributed by atoms with Crippen LogP contribution in [-0.2, 0) is 0 Å². The second kappa shape index (κ2) is 5.23. The lowest BCUT2D eigenvalue weighted by molar-refractivity contribution is 0.600. The van der Waals surface area contributed by atoms with E-state index >= 15 is 0 Å². The molecule has 0 spiro atoms. The van der Waals surface area contributed by atoms with Gasteiger partial charge in [-0.2, -0.15) is 0 Å². The Hall–Kier alpha value is -1.49. The Morgan fingerprint density at radius 3 is 2.76 bits per heavy atom. The van der Waals surface area contributed by atoms with Crippen LogP contribution in [0.5, 0.6) is 0 Å². The zero-order valence-corrected chi connectivity index (χ0v) is 10.8. The molecule has 0 radical (unpaired) electrons. The summed E-state index contributed by atoms with van der Waals surface area (Å²) in [6.07, 6.45) is 1.44. The Morgan fingerprint density at radius 1 is 1.29 bits per heavy atom. The molecule has 0 aliphatic carbocycles. The minimum absolute atomic E-state index is 0.155. The van der Waals surface area contributed by atoms with Crippen molar-refractivity contribution in [3.8, 4) is 0 Å². The van der Waals surface area contributed by atoms with E-state index < -0.39 is 0 Å². The third-order valence-electron chi connectivity index (χ3n) is 2.37. The number of hydrogen-bond acceptors (Lipinski definition) is 3. The Kier molecular flexibility index (Phi) is 3.68. The van der Waals surface area contributed by atoms with Crippen LogP contribution in [0.3, 0.4) is 0 Å². The lowest BCUT2D eigenvalue weighted by Crippen LogP contribution is -2.09. The smallest absolute Gasteiger partial charge is 0.130 e. The summed E-state index contributed by atoms with van der Waals surface area (Å²) in [4.78, 5) is 7.99. The van der Waals surface area contributed by atoms with Gasteiger partial charge in [0.05, 0.1) is 6.04 Å². The highest BCUT2D eigenvalue weighted by Gasteiger charge is 2.10. The third-order valence-corrected chi connectivity index (χ3v) is 2.80. The molecule has 0 saturated carbocycles. The number of nitrogens with zero attached hydrogens (tertiary/aromatic N) is 2. The monoisotopic (exact) mass is 295 g/mol. The van der Waals surface area contributed by atoms with E-state index in [9.17, 15) is 4.39 Å². The molecule has 0 bridgehead atoms. The fourth-order valence-electron chi connectivity index (χ4n) is 1.54. The van der Waals surface area contributed by atoms with Crippen molar-refractivity contribution >= 4 is 21.7 Å². The molecule has 0 aliphatic heterocycles. The van der Waals surface area contributed by atoms with Gasteiger partial charge >= 0.3 is 0 Å². The van der Waals surface area contributed by atoms with Crippen LogP contribution >= 0.6 is 15.9 Å². The van der Waals surface area contributed by atoms with Crippen molar-refractivity contribution in [1.29, 1.82) is 0 Å². The summed E-state index contributed by atoms with van der Waals surface area (Å²) in [5.41, 5.74) is 0.613. The quantitative estimate of drug-likeness (QED) is 0.880. The Labute approximate surface area is 107 Å². The number of nitrogens with one attached hydrogen (secondary N) is 1. The Balaban J connectivity index is 2.17. The minimum atomic E-state index is -0.222. The van der Waals surface area contributed by atoms with E-state index in [1.165, 1.54) is 12.4 Å². The zero-order valence-electron chi connectivity index (χ0n) is 9.19. The van der Waals surface area contributed by atoms with Crippen molar-refractivity contribution in [2.24, 2.45) is 0 Å². The molecule has 17 heavy (non-hydrogen) atoms. The highest BCUT2D eigenvalue weighted by molar-refractivity contribution is 9.10. The van der Waals surface area contributed by atoms with Crippen molar-refractivity contribution in [1.82, 2.24) is 9.97 Å². The maximum Gasteiger partial charge on any atom is 0.130 e. The van der Waals surface area contributed by atoms with E-state index in [-0.39, 0.29) is 11.9 Å². The van der Waals surface area contributed by atoms with E-state index in [4.69, 9.17) is 0 Å². The molecule has 1 atom stereocenters. The van der Waals surface area contributed by atoms with Gasteiger partial charge in [0.15, 0.2) is 0 Å². The first kappa shape index (κ1) is 12.0. The summed E-state index contributed by atoms with van der Waals surface area (Å²) in [7, 11) is 0. The summed E-state index contributed by atoms with van der Waals surface area (Å²) < 4.78 is 14.2. The van der Waals surface area contributed by atoms with Crippen molar-refractivity contribution < 1.29 is 4.39 Å². The summed E-state index contributed by atoms with van der Waals surface area (Å²) in [6.45, 7) is 1.88. The number of aromatic nitrogens is 2. The Morgan fingerprint density at radius 2 is 2.06 bits per heavy atom. The molecule has 3 nitrogen and oxygen atoms in total. The van der Waals surface area contributed by atoms with Gasteiger partial charge in [-0.3, -0.25) is 0 Å². The van der Waals surface area contributed by atoms with Gasteiger partial charge in [0, 0.05) is 11.6 Å². The van der Waals surface area contributed by atoms with Crippen LogP contribution in [-0.4, -0.2) is 9.97 Å². The van der Waals surface area contributed by atoms with Gasteiger partial charge in [0.2, 0.25) is 0 Å². The van der Waals surface area contributed by atoms with E-state index in [1.807, 2.05) is 13.0 Å². The summed E-state index contributed by atoms with van der Waals surface area (Å²) >= 11 is 3.26. The largest absolute Gasteiger partial charge is 0.363 e. The molecule has 88 valence electrons.